The summed E-state index contributed by atoms with van der Waals surface area (Å²) in [5.74, 6) is 0.395. The molecule has 0 atom stereocenters. The molecule has 0 aromatic heterocycles. The SMILES string of the molecule is CCc1cc(S(=O)(=O)NCCc2ccc(OCC(=O)OC)cc2)c2cc(C(C)C)cccc1-2. The first-order chi connectivity index (χ1) is 15.7. The molecule has 0 saturated carbocycles. The molecule has 0 amide bonds. The maximum absolute atomic E-state index is 13.2. The number of nitrogens with one attached hydrogen (secondary N) is 1. The smallest absolute Gasteiger partial charge is 0.343 e. The van der Waals surface area contributed by atoms with E-state index in [4.69, 9.17) is 4.74 Å². The normalized spacial score (nSPS) is 11.7. The maximum atomic E-state index is 13.2. The van der Waals surface area contributed by atoms with E-state index in [9.17, 15) is 13.2 Å². The van der Waals surface area contributed by atoms with Gasteiger partial charge in [-0.05, 0) is 65.3 Å². The molecule has 3 rings (SSSR count). The zero-order chi connectivity index (χ0) is 24.0. The van der Waals surface area contributed by atoms with Crippen LogP contribution in [0.5, 0.6) is 5.75 Å². The fraction of sp³-hybridized carbons (Fsp3) is 0.346. The fourth-order valence-corrected chi connectivity index (χ4v) is 4.95. The molecule has 2 aliphatic rings. The number of carbonyl (C=O) groups excluding carboxylic acids is 1. The van der Waals surface area contributed by atoms with E-state index in [1.165, 1.54) is 7.11 Å². The molecule has 1 aromatic carbocycles. The van der Waals surface area contributed by atoms with Gasteiger partial charge in [0.25, 0.3) is 0 Å². The predicted molar refractivity (Wildman–Crippen MR) is 129 cm³/mol. The highest BCUT2D eigenvalue weighted by Crippen LogP contribution is 2.36. The van der Waals surface area contributed by atoms with Crippen molar-refractivity contribution in [3.8, 4) is 16.9 Å². The molecule has 33 heavy (non-hydrogen) atoms. The highest BCUT2D eigenvalue weighted by Gasteiger charge is 2.24. The van der Waals surface area contributed by atoms with Crippen LogP contribution in [0.2, 0.25) is 0 Å². The lowest BCUT2D eigenvalue weighted by atomic mass is 10.0. The maximum Gasteiger partial charge on any atom is 0.343 e. The van der Waals surface area contributed by atoms with Gasteiger partial charge in [-0.3, -0.25) is 0 Å². The first kappa shape index (κ1) is 24.7. The number of benzene rings is 1. The molecule has 0 saturated heterocycles. The van der Waals surface area contributed by atoms with Crippen LogP contribution in [-0.2, 0) is 32.4 Å². The second-order valence-corrected chi connectivity index (χ2v) is 9.93. The van der Waals surface area contributed by atoms with Crippen LogP contribution in [-0.4, -0.2) is 34.6 Å². The second-order valence-electron chi connectivity index (χ2n) is 8.20. The molecule has 1 N–H and O–H groups in total. The zero-order valence-electron chi connectivity index (χ0n) is 19.6. The molecular weight excluding hydrogens is 438 g/mol. The zero-order valence-corrected chi connectivity index (χ0v) is 20.4. The predicted octanol–water partition coefficient (Wildman–Crippen LogP) is 4.55. The van der Waals surface area contributed by atoms with Crippen molar-refractivity contribution < 1.29 is 22.7 Å². The fourth-order valence-electron chi connectivity index (χ4n) is 3.67. The van der Waals surface area contributed by atoms with Crippen molar-refractivity contribution >= 4 is 16.0 Å². The average Bonchev–Trinajstić information content (AvgIpc) is 3.00. The first-order valence-electron chi connectivity index (χ1n) is 11.1. The molecule has 6 nitrogen and oxygen atoms in total. The highest BCUT2D eigenvalue weighted by molar-refractivity contribution is 7.89. The largest absolute Gasteiger partial charge is 0.482 e. The summed E-state index contributed by atoms with van der Waals surface area (Å²) < 4.78 is 39.0. The van der Waals surface area contributed by atoms with Gasteiger partial charge in [0.15, 0.2) is 6.61 Å². The Kier molecular flexibility index (Phi) is 8.10. The van der Waals surface area contributed by atoms with E-state index < -0.39 is 16.0 Å². The standard InChI is InChI=1S/C26H31NO5S/c1-5-20-16-25(24-15-21(18(2)3)7-6-8-23(20)24)33(29,30)27-14-13-19-9-11-22(12-10-19)32-17-26(28)31-4/h6-12,15-16,18,27H,5,13-14,17H2,1-4H3. The lowest BCUT2D eigenvalue weighted by molar-refractivity contribution is -0.142. The minimum atomic E-state index is -3.67. The van der Waals surface area contributed by atoms with Crippen LogP contribution in [0.25, 0.3) is 11.1 Å². The molecule has 2 aliphatic carbocycles. The van der Waals surface area contributed by atoms with Crippen molar-refractivity contribution in [2.45, 2.75) is 44.4 Å². The second kappa shape index (κ2) is 10.8. The molecule has 176 valence electrons. The van der Waals surface area contributed by atoms with Crippen molar-refractivity contribution in [1.82, 2.24) is 4.72 Å². The monoisotopic (exact) mass is 469 g/mol. The van der Waals surface area contributed by atoms with Crippen molar-refractivity contribution in [2.75, 3.05) is 20.3 Å². The van der Waals surface area contributed by atoms with Gasteiger partial charge in [-0.1, -0.05) is 51.1 Å². The van der Waals surface area contributed by atoms with Crippen LogP contribution in [0.4, 0.5) is 0 Å². The Morgan fingerprint density at radius 3 is 2.39 bits per heavy atom. The van der Waals surface area contributed by atoms with E-state index >= 15 is 0 Å². The lowest BCUT2D eigenvalue weighted by Crippen LogP contribution is -2.26. The third kappa shape index (κ3) is 6.12. The molecule has 0 heterocycles. The molecule has 0 bridgehead atoms. The molecular formula is C26H31NO5S. The van der Waals surface area contributed by atoms with Crippen LogP contribution in [0.15, 0.2) is 59.5 Å². The minimum absolute atomic E-state index is 0.153. The Labute approximate surface area is 196 Å². The van der Waals surface area contributed by atoms with Gasteiger partial charge in [0.1, 0.15) is 5.75 Å². The van der Waals surface area contributed by atoms with Gasteiger partial charge in [-0.2, -0.15) is 0 Å². The van der Waals surface area contributed by atoms with Gasteiger partial charge in [0.2, 0.25) is 10.0 Å². The number of hydrogen-bond acceptors (Lipinski definition) is 5. The molecule has 0 radical (unpaired) electrons. The van der Waals surface area contributed by atoms with Crippen molar-refractivity contribution in [1.29, 1.82) is 0 Å². The number of esters is 1. The van der Waals surface area contributed by atoms with Gasteiger partial charge in [-0.15, -0.1) is 0 Å². The van der Waals surface area contributed by atoms with E-state index in [2.05, 4.69) is 23.3 Å². The number of carbonyl (C=O) groups is 1. The van der Waals surface area contributed by atoms with E-state index in [1.807, 2.05) is 43.3 Å². The van der Waals surface area contributed by atoms with Gasteiger partial charge in [0.05, 0.1) is 12.0 Å². The lowest BCUT2D eigenvalue weighted by Gasteiger charge is -2.09. The van der Waals surface area contributed by atoms with E-state index in [1.54, 1.807) is 18.2 Å². The Morgan fingerprint density at radius 2 is 1.76 bits per heavy atom. The quantitative estimate of drug-likeness (QED) is 0.441. The Bertz CT molecular complexity index is 1170. The first-order valence-corrected chi connectivity index (χ1v) is 12.6. The van der Waals surface area contributed by atoms with Gasteiger partial charge in [-0.25, -0.2) is 17.9 Å². The van der Waals surface area contributed by atoms with E-state index in [-0.39, 0.29) is 13.2 Å². The average molecular weight is 470 g/mol. The van der Waals surface area contributed by atoms with Crippen molar-refractivity contribution in [2.24, 2.45) is 0 Å². The summed E-state index contributed by atoms with van der Waals surface area (Å²) in [6.45, 7) is 6.35. The van der Waals surface area contributed by atoms with Crippen LogP contribution in [0.3, 0.4) is 0 Å². The topological polar surface area (TPSA) is 81.7 Å². The van der Waals surface area contributed by atoms with Crippen molar-refractivity contribution in [3.05, 3.63) is 71.3 Å². The third-order valence-corrected chi connectivity index (χ3v) is 7.12. The number of sulfonamides is 1. The van der Waals surface area contributed by atoms with Gasteiger partial charge >= 0.3 is 5.97 Å². The van der Waals surface area contributed by atoms with Crippen LogP contribution in [0.1, 0.15) is 43.4 Å². The van der Waals surface area contributed by atoms with Crippen molar-refractivity contribution in [3.63, 3.8) is 0 Å². The van der Waals surface area contributed by atoms with E-state index in [0.717, 1.165) is 34.2 Å². The van der Waals surface area contributed by atoms with Gasteiger partial charge < -0.3 is 9.47 Å². The summed E-state index contributed by atoms with van der Waals surface area (Å²) in [7, 11) is -2.37. The summed E-state index contributed by atoms with van der Waals surface area (Å²) in [4.78, 5) is 11.5. The summed E-state index contributed by atoms with van der Waals surface area (Å²) in [6.07, 6.45) is 1.29. The molecule has 0 unspecified atom stereocenters. The number of methoxy groups -OCH3 is 1. The van der Waals surface area contributed by atoms with Crippen LogP contribution >= 0.6 is 0 Å². The summed E-state index contributed by atoms with van der Waals surface area (Å²) in [5, 5.41) is 0. The Morgan fingerprint density at radius 1 is 1.03 bits per heavy atom. The number of fused-ring (bicyclic) bond motifs is 1. The summed E-state index contributed by atoms with van der Waals surface area (Å²) in [5.41, 5.74) is 4.83. The molecule has 7 heteroatoms. The van der Waals surface area contributed by atoms with E-state index in [0.29, 0.717) is 23.0 Å². The Balaban J connectivity index is 1.72. The van der Waals surface area contributed by atoms with Gasteiger partial charge in [0, 0.05) is 12.1 Å². The van der Waals surface area contributed by atoms with Crippen LogP contribution < -0.4 is 9.46 Å². The van der Waals surface area contributed by atoms with Crippen LogP contribution in [0, 0.1) is 0 Å². The third-order valence-electron chi connectivity index (χ3n) is 5.62. The minimum Gasteiger partial charge on any atom is -0.482 e. The summed E-state index contributed by atoms with van der Waals surface area (Å²) >= 11 is 0. The number of hydrogen-bond donors (Lipinski definition) is 1. The molecule has 0 aliphatic heterocycles. The highest BCUT2D eigenvalue weighted by atomic mass is 32.2. The molecule has 1 aromatic rings. The number of aryl methyl sites for hydroxylation is 1. The number of rotatable bonds is 10. The molecule has 0 spiro atoms. The Hall–Kier alpha value is -2.90. The number of ether oxygens (including phenoxy) is 2. The summed E-state index contributed by atoms with van der Waals surface area (Å²) in [6, 6.07) is 17.0. The molecule has 0 fully saturated rings.